The Labute approximate surface area is 576 Å². The number of carbonyl (C=O) groups is 1. The van der Waals surface area contributed by atoms with Gasteiger partial charge in [-0.2, -0.15) is 0 Å². The van der Waals surface area contributed by atoms with Crippen molar-refractivity contribution in [1.29, 1.82) is 0 Å². The Morgan fingerprint density at radius 2 is 0.667 bits per heavy atom. The standard InChI is InChI=1S/C84H157NO8/c1-3-5-7-9-11-13-15-17-19-21-23-25-27-29-31-33-35-37-38-39-40-42-44-46-48-50-52-54-56-58-60-62-64-66-68-70-72-74-80(88)85-77(76-92-84-83(91)82(90)81(89)79(75-86)93-84)78(87)73-71-69-67-65-63-61-59-57-55-53-51-49-47-45-43-41-36-34-32-30-28-26-24-22-20-18-16-14-12-10-8-6-4-2/h5,7,11,13,17,19,23,25,71,73,77-79,81-84,86-87,89-91H,3-4,6,8-10,12,14-16,18,20-22,24,26-70,72,74-76H2,1-2H3,(H,85,88)/b7-5-,13-11-,19-17-,25-23-,73-71+. The van der Waals surface area contributed by atoms with Crippen LogP contribution in [0.25, 0.3) is 0 Å². The topological polar surface area (TPSA) is 149 Å². The predicted octanol–water partition coefficient (Wildman–Crippen LogP) is 23.7. The zero-order valence-corrected chi connectivity index (χ0v) is 61.5. The van der Waals surface area contributed by atoms with Crippen LogP contribution in [0.4, 0.5) is 0 Å². The largest absolute Gasteiger partial charge is 0.394 e. The Bertz CT molecular complexity index is 1660. The molecule has 1 aliphatic rings. The number of nitrogens with one attached hydrogen (secondary N) is 1. The number of hydrogen-bond acceptors (Lipinski definition) is 8. The van der Waals surface area contributed by atoms with Crippen LogP contribution in [-0.4, -0.2) is 87.5 Å². The van der Waals surface area contributed by atoms with Crippen LogP contribution in [0.1, 0.15) is 412 Å². The summed E-state index contributed by atoms with van der Waals surface area (Å²) < 4.78 is 11.4. The van der Waals surface area contributed by atoms with E-state index in [9.17, 15) is 30.3 Å². The van der Waals surface area contributed by atoms with Crippen molar-refractivity contribution in [3.05, 3.63) is 60.8 Å². The molecule has 1 saturated heterocycles. The van der Waals surface area contributed by atoms with Gasteiger partial charge >= 0.3 is 0 Å². The average molecular weight is 1310 g/mol. The first-order chi connectivity index (χ1) is 45.8. The fourth-order valence-electron chi connectivity index (χ4n) is 13.3. The van der Waals surface area contributed by atoms with E-state index in [4.69, 9.17) is 9.47 Å². The van der Waals surface area contributed by atoms with Gasteiger partial charge < -0.3 is 40.3 Å². The van der Waals surface area contributed by atoms with E-state index in [1.807, 2.05) is 6.08 Å². The molecule has 0 bridgehead atoms. The van der Waals surface area contributed by atoms with Gasteiger partial charge in [-0.05, 0) is 57.8 Å². The second-order valence-electron chi connectivity index (χ2n) is 28.5. The fourth-order valence-corrected chi connectivity index (χ4v) is 13.3. The number of aliphatic hydroxyl groups is 5. The maximum absolute atomic E-state index is 13.2. The molecule has 93 heavy (non-hydrogen) atoms. The lowest BCUT2D eigenvalue weighted by Gasteiger charge is -2.40. The summed E-state index contributed by atoms with van der Waals surface area (Å²) in [5, 5.41) is 55.0. The smallest absolute Gasteiger partial charge is 0.220 e. The number of amides is 1. The van der Waals surface area contributed by atoms with Gasteiger partial charge in [0.05, 0.1) is 25.4 Å². The van der Waals surface area contributed by atoms with E-state index in [0.29, 0.717) is 6.42 Å². The van der Waals surface area contributed by atoms with Gasteiger partial charge in [-0.1, -0.05) is 408 Å². The van der Waals surface area contributed by atoms with Crippen LogP contribution in [0.15, 0.2) is 60.8 Å². The molecule has 0 aromatic carbocycles. The molecule has 7 unspecified atom stereocenters. The molecule has 0 aromatic heterocycles. The van der Waals surface area contributed by atoms with E-state index in [1.165, 1.54) is 327 Å². The van der Waals surface area contributed by atoms with Crippen molar-refractivity contribution in [1.82, 2.24) is 5.32 Å². The monoisotopic (exact) mass is 1310 g/mol. The normalized spacial score (nSPS) is 17.9. The molecule has 1 amide bonds. The second kappa shape index (κ2) is 72.6. The van der Waals surface area contributed by atoms with Crippen LogP contribution in [0.2, 0.25) is 0 Å². The lowest BCUT2D eigenvalue weighted by molar-refractivity contribution is -0.302. The quantitative estimate of drug-likeness (QED) is 0.0261. The molecule has 9 nitrogen and oxygen atoms in total. The van der Waals surface area contributed by atoms with Crippen LogP contribution in [0.3, 0.4) is 0 Å². The SMILES string of the molecule is CC/C=C\C/C=C\C/C=C\C/C=C\CCCCCCCCCCCCCCCCCCCCCCCCCCC(=O)NC(COC1OC(CO)C(O)C(O)C1O)C(O)/C=C/CCCCCCCCCCCCCCCCCCCCCCCCCCCCCCCCC. The molecule has 0 radical (unpaired) electrons. The second-order valence-corrected chi connectivity index (χ2v) is 28.5. The number of rotatable bonds is 73. The fraction of sp³-hybridized carbons (Fsp3) is 0.869. The van der Waals surface area contributed by atoms with E-state index in [-0.39, 0.29) is 12.5 Å². The molecule has 7 atom stereocenters. The Hall–Kier alpha value is -2.11. The summed E-state index contributed by atoms with van der Waals surface area (Å²) in [6, 6.07) is -0.807. The van der Waals surface area contributed by atoms with Gasteiger partial charge in [0, 0.05) is 6.42 Å². The van der Waals surface area contributed by atoms with Crippen molar-refractivity contribution in [2.75, 3.05) is 13.2 Å². The van der Waals surface area contributed by atoms with Gasteiger partial charge in [0.2, 0.25) is 5.91 Å². The Morgan fingerprint density at radius 3 is 0.989 bits per heavy atom. The van der Waals surface area contributed by atoms with E-state index in [2.05, 4.69) is 67.8 Å². The average Bonchev–Trinajstić information content (AvgIpc) is 1.01. The Morgan fingerprint density at radius 1 is 0.376 bits per heavy atom. The van der Waals surface area contributed by atoms with Crippen LogP contribution in [-0.2, 0) is 14.3 Å². The summed E-state index contributed by atoms with van der Waals surface area (Å²) >= 11 is 0. The van der Waals surface area contributed by atoms with Gasteiger partial charge in [-0.3, -0.25) is 4.79 Å². The number of unbranched alkanes of at least 4 members (excludes halogenated alkanes) is 55. The molecule has 1 aliphatic heterocycles. The first-order valence-corrected chi connectivity index (χ1v) is 41.0. The van der Waals surface area contributed by atoms with Crippen LogP contribution >= 0.6 is 0 Å². The summed E-state index contributed by atoms with van der Waals surface area (Å²) in [6.45, 7) is 3.73. The van der Waals surface area contributed by atoms with Crippen molar-refractivity contribution in [3.8, 4) is 0 Å². The first-order valence-electron chi connectivity index (χ1n) is 41.0. The third-order valence-corrected chi connectivity index (χ3v) is 19.6. The Balaban J connectivity index is 2.05. The van der Waals surface area contributed by atoms with Crippen molar-refractivity contribution in [2.24, 2.45) is 0 Å². The first kappa shape index (κ1) is 88.9. The molecule has 0 aromatic rings. The van der Waals surface area contributed by atoms with Crippen LogP contribution in [0.5, 0.6) is 0 Å². The maximum Gasteiger partial charge on any atom is 0.220 e. The summed E-state index contributed by atoms with van der Waals surface area (Å²) in [4.78, 5) is 13.2. The number of ether oxygens (including phenoxy) is 2. The molecule has 6 N–H and O–H groups in total. The number of allylic oxidation sites excluding steroid dienone is 9. The number of carbonyl (C=O) groups excluding carboxylic acids is 1. The third-order valence-electron chi connectivity index (χ3n) is 19.6. The molecule has 1 fully saturated rings. The summed E-state index contributed by atoms with van der Waals surface area (Å²) in [5.74, 6) is -0.168. The minimum Gasteiger partial charge on any atom is -0.394 e. The summed E-state index contributed by atoms with van der Waals surface area (Å²) in [5.41, 5.74) is 0. The molecular formula is C84H157NO8. The van der Waals surface area contributed by atoms with Gasteiger partial charge in [-0.15, -0.1) is 0 Å². The van der Waals surface area contributed by atoms with E-state index < -0.39 is 49.5 Å². The third kappa shape index (κ3) is 60.8. The number of aliphatic hydroxyl groups excluding tert-OH is 5. The molecule has 0 spiro atoms. The van der Waals surface area contributed by atoms with Crippen LogP contribution in [0, 0.1) is 0 Å². The zero-order chi connectivity index (χ0) is 67.1. The molecule has 1 rings (SSSR count). The molecule has 1 heterocycles. The van der Waals surface area contributed by atoms with Crippen molar-refractivity contribution in [3.63, 3.8) is 0 Å². The van der Waals surface area contributed by atoms with Gasteiger partial charge in [0.15, 0.2) is 6.29 Å². The highest BCUT2D eigenvalue weighted by Gasteiger charge is 2.44. The highest BCUT2D eigenvalue weighted by atomic mass is 16.7. The Kier molecular flexibility index (Phi) is 69.4. The summed E-state index contributed by atoms with van der Waals surface area (Å²) in [6.07, 6.45) is 95.2. The van der Waals surface area contributed by atoms with Crippen molar-refractivity contribution < 1.29 is 39.8 Å². The van der Waals surface area contributed by atoms with Gasteiger partial charge in [-0.25, -0.2) is 0 Å². The molecule has 546 valence electrons. The molecule has 0 saturated carbocycles. The van der Waals surface area contributed by atoms with Gasteiger partial charge in [0.1, 0.15) is 24.4 Å². The lowest BCUT2D eigenvalue weighted by Crippen LogP contribution is -2.60. The predicted molar refractivity (Wildman–Crippen MR) is 401 cm³/mol. The molecular weight excluding hydrogens is 1150 g/mol. The summed E-state index contributed by atoms with van der Waals surface area (Å²) in [7, 11) is 0. The lowest BCUT2D eigenvalue weighted by atomic mass is 9.99. The van der Waals surface area contributed by atoms with E-state index in [1.54, 1.807) is 6.08 Å². The number of hydrogen-bond donors (Lipinski definition) is 6. The minimum atomic E-state index is -1.57. The zero-order valence-electron chi connectivity index (χ0n) is 61.5. The molecule has 9 heteroatoms. The highest BCUT2D eigenvalue weighted by molar-refractivity contribution is 5.76. The van der Waals surface area contributed by atoms with Crippen molar-refractivity contribution >= 4 is 5.91 Å². The van der Waals surface area contributed by atoms with E-state index >= 15 is 0 Å². The van der Waals surface area contributed by atoms with E-state index in [0.717, 1.165) is 64.2 Å². The van der Waals surface area contributed by atoms with Crippen molar-refractivity contribution in [2.45, 2.75) is 455 Å². The van der Waals surface area contributed by atoms with Gasteiger partial charge in [0.25, 0.3) is 0 Å². The van der Waals surface area contributed by atoms with Crippen LogP contribution < -0.4 is 5.32 Å². The maximum atomic E-state index is 13.2. The molecule has 0 aliphatic carbocycles. The minimum absolute atomic E-state index is 0.168. The highest BCUT2D eigenvalue weighted by Crippen LogP contribution is 2.24.